The summed E-state index contributed by atoms with van der Waals surface area (Å²) in [5.41, 5.74) is 5.51. The van der Waals surface area contributed by atoms with Crippen molar-refractivity contribution in [1.82, 2.24) is 4.31 Å². The van der Waals surface area contributed by atoms with Gasteiger partial charge in [0.25, 0.3) is 0 Å². The van der Waals surface area contributed by atoms with E-state index < -0.39 is 21.9 Å². The van der Waals surface area contributed by atoms with Crippen molar-refractivity contribution in [3.63, 3.8) is 0 Å². The normalized spacial score (nSPS) is 21.1. The Morgan fingerprint density at radius 2 is 2.25 bits per heavy atom. The van der Waals surface area contributed by atoms with Crippen molar-refractivity contribution in [1.29, 1.82) is 0 Å². The summed E-state index contributed by atoms with van der Waals surface area (Å²) in [5, 5.41) is 9.27. The van der Waals surface area contributed by atoms with Crippen LogP contribution < -0.4 is 5.73 Å². The molecule has 1 aliphatic rings. The third-order valence-electron chi connectivity index (χ3n) is 3.27. The molecule has 2 rings (SSSR count). The molecule has 1 atom stereocenters. The Bertz CT molecular complexity index is 606. The zero-order chi connectivity index (χ0) is 14.9. The molecule has 0 aliphatic carbocycles. The van der Waals surface area contributed by atoms with E-state index in [0.717, 1.165) is 12.1 Å². The molecule has 112 valence electrons. The van der Waals surface area contributed by atoms with Crippen molar-refractivity contribution in [3.05, 3.63) is 23.5 Å². The van der Waals surface area contributed by atoms with Gasteiger partial charge in [-0.15, -0.1) is 0 Å². The van der Waals surface area contributed by atoms with Crippen LogP contribution in [0.15, 0.2) is 17.0 Å². The van der Waals surface area contributed by atoms with Crippen molar-refractivity contribution in [2.45, 2.75) is 17.9 Å². The van der Waals surface area contributed by atoms with Crippen LogP contribution in [0.3, 0.4) is 0 Å². The number of sulfonamides is 1. The fraction of sp³-hybridized carbons (Fsp3) is 0.500. The summed E-state index contributed by atoms with van der Waals surface area (Å²) in [4.78, 5) is -0.0447. The number of aliphatic hydroxyl groups is 1. The van der Waals surface area contributed by atoms with Gasteiger partial charge in [0.1, 0.15) is 5.82 Å². The van der Waals surface area contributed by atoms with Gasteiger partial charge in [-0.2, -0.15) is 4.31 Å². The minimum atomic E-state index is -3.85. The number of hydrogen-bond acceptors (Lipinski definition) is 5. The molecule has 0 bridgehead atoms. The number of ether oxygens (including phenoxy) is 1. The molecule has 0 amide bonds. The lowest BCUT2D eigenvalue weighted by atomic mass is 10.2. The monoisotopic (exact) mass is 304 g/mol. The first-order chi connectivity index (χ1) is 9.37. The van der Waals surface area contributed by atoms with Gasteiger partial charge < -0.3 is 15.6 Å². The van der Waals surface area contributed by atoms with Gasteiger partial charge in [0.15, 0.2) is 0 Å². The molecule has 1 aliphatic heterocycles. The van der Waals surface area contributed by atoms with Crippen LogP contribution in [0.1, 0.15) is 5.56 Å². The van der Waals surface area contributed by atoms with Gasteiger partial charge in [-0.25, -0.2) is 12.8 Å². The minimum absolute atomic E-state index is 0.0447. The van der Waals surface area contributed by atoms with Crippen LogP contribution in [0.2, 0.25) is 0 Å². The third-order valence-corrected chi connectivity index (χ3v) is 5.36. The summed E-state index contributed by atoms with van der Waals surface area (Å²) in [6, 6.07) is 1.57. The number of anilines is 1. The minimum Gasteiger partial charge on any atom is -0.396 e. The molecule has 6 nitrogen and oxygen atoms in total. The Balaban J connectivity index is 2.46. The number of hydrogen-bond donors (Lipinski definition) is 2. The predicted molar refractivity (Wildman–Crippen MR) is 71.1 cm³/mol. The van der Waals surface area contributed by atoms with E-state index in [2.05, 4.69) is 0 Å². The van der Waals surface area contributed by atoms with Crippen molar-refractivity contribution in [2.75, 3.05) is 32.1 Å². The molecule has 1 unspecified atom stereocenters. The van der Waals surface area contributed by atoms with Crippen LogP contribution in [0, 0.1) is 12.7 Å². The number of aliphatic hydroxyl groups excluding tert-OH is 1. The fourth-order valence-corrected chi connectivity index (χ4v) is 4.00. The van der Waals surface area contributed by atoms with E-state index in [1.165, 1.54) is 11.2 Å². The summed E-state index contributed by atoms with van der Waals surface area (Å²) < 4.78 is 44.9. The number of rotatable bonds is 3. The van der Waals surface area contributed by atoms with Gasteiger partial charge in [-0.1, -0.05) is 0 Å². The van der Waals surface area contributed by atoms with Crippen LogP contribution in [0.4, 0.5) is 10.1 Å². The van der Waals surface area contributed by atoms with E-state index >= 15 is 0 Å². The summed E-state index contributed by atoms with van der Waals surface area (Å²) >= 11 is 0. The van der Waals surface area contributed by atoms with Crippen molar-refractivity contribution in [3.8, 4) is 0 Å². The zero-order valence-corrected chi connectivity index (χ0v) is 11.9. The number of nitrogens with zero attached hydrogens (tertiary/aromatic N) is 1. The molecule has 1 saturated heterocycles. The molecular formula is C12H17FN2O4S. The maximum absolute atomic E-state index is 13.3. The van der Waals surface area contributed by atoms with Gasteiger partial charge in [0.2, 0.25) is 10.0 Å². The van der Waals surface area contributed by atoms with Crippen LogP contribution in [-0.2, 0) is 14.8 Å². The summed E-state index contributed by atoms with van der Waals surface area (Å²) in [6.07, 6.45) is 0. The predicted octanol–water partition coefficient (Wildman–Crippen LogP) is 0.0981. The molecule has 1 aromatic rings. The molecule has 8 heteroatoms. The van der Waals surface area contributed by atoms with E-state index in [4.69, 9.17) is 10.5 Å². The van der Waals surface area contributed by atoms with Crippen LogP contribution >= 0.6 is 0 Å². The SMILES string of the molecule is Cc1cc(F)c(N)cc1S(=O)(=O)N1CCOCC1CO. The van der Waals surface area contributed by atoms with Crippen LogP contribution in [-0.4, -0.2) is 50.2 Å². The van der Waals surface area contributed by atoms with Gasteiger partial charge in [0.05, 0.1) is 36.4 Å². The highest BCUT2D eigenvalue weighted by atomic mass is 32.2. The zero-order valence-electron chi connectivity index (χ0n) is 11.0. The van der Waals surface area contributed by atoms with Crippen molar-refractivity contribution in [2.24, 2.45) is 0 Å². The van der Waals surface area contributed by atoms with E-state index in [1.807, 2.05) is 0 Å². The Morgan fingerprint density at radius 1 is 1.55 bits per heavy atom. The lowest BCUT2D eigenvalue weighted by molar-refractivity contribution is 0.0109. The van der Waals surface area contributed by atoms with E-state index in [0.29, 0.717) is 0 Å². The lowest BCUT2D eigenvalue weighted by Crippen LogP contribution is -2.50. The summed E-state index contributed by atoms with van der Waals surface area (Å²) in [6.45, 7) is 1.69. The van der Waals surface area contributed by atoms with Crippen LogP contribution in [0.25, 0.3) is 0 Å². The first kappa shape index (κ1) is 15.2. The van der Waals surface area contributed by atoms with Crippen LogP contribution in [0.5, 0.6) is 0 Å². The lowest BCUT2D eigenvalue weighted by Gasteiger charge is -2.33. The number of nitrogen functional groups attached to an aromatic ring is 1. The summed E-state index contributed by atoms with van der Waals surface area (Å²) in [7, 11) is -3.85. The van der Waals surface area contributed by atoms with E-state index in [-0.39, 0.29) is 42.5 Å². The molecule has 0 saturated carbocycles. The molecule has 0 spiro atoms. The standard InChI is InChI=1S/C12H17FN2O4S/c1-8-4-10(13)11(14)5-12(8)20(17,18)15-2-3-19-7-9(15)6-16/h4-5,9,16H,2-3,6-7,14H2,1H3. The Kier molecular flexibility index (Phi) is 4.28. The molecule has 3 N–H and O–H groups in total. The van der Waals surface area contributed by atoms with E-state index in [9.17, 15) is 17.9 Å². The molecule has 0 radical (unpaired) electrons. The van der Waals surface area contributed by atoms with Crippen molar-refractivity contribution < 1.29 is 22.7 Å². The molecule has 1 aromatic carbocycles. The highest BCUT2D eigenvalue weighted by molar-refractivity contribution is 7.89. The average molecular weight is 304 g/mol. The van der Waals surface area contributed by atoms with Crippen molar-refractivity contribution >= 4 is 15.7 Å². The molecular weight excluding hydrogens is 287 g/mol. The Morgan fingerprint density at radius 3 is 2.90 bits per heavy atom. The Hall–Kier alpha value is -1.22. The fourth-order valence-electron chi connectivity index (χ4n) is 2.17. The van der Waals surface area contributed by atoms with E-state index in [1.54, 1.807) is 0 Å². The summed E-state index contributed by atoms with van der Waals surface area (Å²) in [5.74, 6) is -0.651. The highest BCUT2D eigenvalue weighted by Crippen LogP contribution is 2.26. The first-order valence-corrected chi connectivity index (χ1v) is 7.58. The molecule has 20 heavy (non-hydrogen) atoms. The second-order valence-corrected chi connectivity index (χ2v) is 6.53. The molecule has 0 aromatic heterocycles. The van der Waals surface area contributed by atoms with Gasteiger partial charge in [-0.05, 0) is 24.6 Å². The second kappa shape index (κ2) is 5.65. The molecule has 1 fully saturated rings. The number of aryl methyl sites for hydroxylation is 1. The van der Waals surface area contributed by atoms with Gasteiger partial charge in [-0.3, -0.25) is 0 Å². The first-order valence-electron chi connectivity index (χ1n) is 6.14. The quantitative estimate of drug-likeness (QED) is 0.773. The topological polar surface area (TPSA) is 92.9 Å². The average Bonchev–Trinajstić information content (AvgIpc) is 2.42. The largest absolute Gasteiger partial charge is 0.396 e. The number of nitrogens with two attached hydrogens (primary N) is 1. The Labute approximate surface area is 117 Å². The third kappa shape index (κ3) is 2.64. The molecule has 1 heterocycles. The number of morpholine rings is 1. The smallest absolute Gasteiger partial charge is 0.243 e. The maximum Gasteiger partial charge on any atom is 0.243 e. The second-order valence-electron chi connectivity index (χ2n) is 4.67. The van der Waals surface area contributed by atoms with Gasteiger partial charge >= 0.3 is 0 Å². The van der Waals surface area contributed by atoms with Gasteiger partial charge in [0, 0.05) is 6.54 Å². The number of halogens is 1. The maximum atomic E-state index is 13.3. The number of benzene rings is 1. The highest BCUT2D eigenvalue weighted by Gasteiger charge is 2.34.